The molecule has 3 rings (SSSR count). The van der Waals surface area contributed by atoms with Crippen LogP contribution in [0.3, 0.4) is 0 Å². The average Bonchev–Trinajstić information content (AvgIpc) is 2.84. The van der Waals surface area contributed by atoms with Gasteiger partial charge in [0.2, 0.25) is 0 Å². The molecule has 0 aliphatic carbocycles. The molecular weight excluding hydrogens is 460 g/mol. The molecule has 3 unspecified atom stereocenters. The van der Waals surface area contributed by atoms with Gasteiger partial charge in [0.15, 0.2) is 0 Å². The van der Waals surface area contributed by atoms with E-state index < -0.39 is 35.4 Å². The lowest BCUT2D eigenvalue weighted by Crippen LogP contribution is -2.27. The number of hydrogen-bond donors (Lipinski definition) is 1. The number of rotatable bonds is 11. The summed E-state index contributed by atoms with van der Waals surface area (Å²) < 4.78 is 33.4. The number of aryl methyl sites for hydroxylation is 2. The molecule has 0 heterocycles. The topological polar surface area (TPSA) is 70.3 Å². The molecule has 1 N–H and O–H groups in total. The van der Waals surface area contributed by atoms with Crippen LogP contribution in [0.25, 0.3) is 11.1 Å². The maximum Gasteiger partial charge on any atom is 0.307 e. The lowest BCUT2D eigenvalue weighted by atomic mass is 9.72. The van der Waals surface area contributed by atoms with Crippen LogP contribution in [0, 0.1) is 35.8 Å². The molecule has 0 aliphatic heterocycles. The zero-order valence-electron chi connectivity index (χ0n) is 20.8. The first-order valence-electron chi connectivity index (χ1n) is 12.1. The summed E-state index contributed by atoms with van der Waals surface area (Å²) in [6.45, 7) is 4.24. The first-order valence-corrected chi connectivity index (χ1v) is 12.1. The zero-order chi connectivity index (χ0) is 26.2. The lowest BCUT2D eigenvalue weighted by molar-refractivity contribution is -0.142. The molecule has 3 aromatic rings. The number of carboxylic acid groups (broad SMARTS) is 1. The summed E-state index contributed by atoms with van der Waals surface area (Å²) in [6, 6.07) is 19.1. The molecule has 4 nitrogen and oxygen atoms in total. The van der Waals surface area contributed by atoms with Crippen molar-refractivity contribution in [1.29, 1.82) is 5.26 Å². The number of nitrogens with zero attached hydrogens (tertiary/aromatic N) is 1. The number of aliphatic carboxylic acids is 1. The number of carbonyl (C=O) groups is 1. The van der Waals surface area contributed by atoms with E-state index in [2.05, 4.69) is 12.1 Å². The molecule has 0 saturated heterocycles. The van der Waals surface area contributed by atoms with Gasteiger partial charge in [-0.3, -0.25) is 4.79 Å². The van der Waals surface area contributed by atoms with Crippen molar-refractivity contribution in [3.05, 3.63) is 94.6 Å². The number of benzene rings is 3. The van der Waals surface area contributed by atoms with E-state index in [1.165, 1.54) is 5.56 Å². The summed E-state index contributed by atoms with van der Waals surface area (Å²) in [5.74, 6) is -5.52. The molecule has 0 fully saturated rings. The van der Waals surface area contributed by atoms with E-state index in [4.69, 9.17) is 4.74 Å². The minimum atomic E-state index is -1.10. The van der Waals surface area contributed by atoms with Crippen LogP contribution < -0.4 is 0 Å². The fourth-order valence-electron chi connectivity index (χ4n) is 4.97. The molecule has 0 spiro atoms. The zero-order valence-corrected chi connectivity index (χ0v) is 20.8. The van der Waals surface area contributed by atoms with Gasteiger partial charge in [-0.15, -0.1) is 0 Å². The predicted octanol–water partition coefficient (Wildman–Crippen LogP) is 7.02. The Morgan fingerprint density at radius 1 is 1.08 bits per heavy atom. The van der Waals surface area contributed by atoms with Gasteiger partial charge in [0.05, 0.1) is 17.9 Å². The molecular formula is C30H31F2NO3. The molecule has 0 saturated carbocycles. The minimum absolute atomic E-state index is 0.167. The van der Waals surface area contributed by atoms with Crippen LogP contribution >= 0.6 is 0 Å². The summed E-state index contributed by atoms with van der Waals surface area (Å²) in [7, 11) is 1.68. The molecule has 0 radical (unpaired) electrons. The summed E-state index contributed by atoms with van der Waals surface area (Å²) >= 11 is 0. The second-order valence-corrected chi connectivity index (χ2v) is 9.01. The van der Waals surface area contributed by atoms with Crippen LogP contribution in [-0.4, -0.2) is 24.8 Å². The average molecular weight is 492 g/mol. The van der Waals surface area contributed by atoms with Crippen molar-refractivity contribution >= 4 is 5.97 Å². The molecule has 6 heteroatoms. The predicted molar refractivity (Wildman–Crippen MR) is 136 cm³/mol. The highest BCUT2D eigenvalue weighted by Crippen LogP contribution is 2.42. The Bertz CT molecular complexity index is 1230. The quantitative estimate of drug-likeness (QED) is 0.293. The van der Waals surface area contributed by atoms with E-state index in [-0.39, 0.29) is 12.0 Å². The molecule has 188 valence electrons. The summed E-state index contributed by atoms with van der Waals surface area (Å²) in [4.78, 5) is 12.1. The lowest BCUT2D eigenvalue weighted by Gasteiger charge is -2.29. The van der Waals surface area contributed by atoms with Crippen LogP contribution in [0.2, 0.25) is 0 Å². The standard InChI is InChI=1S/C30H31F2NO3/c1-4-25(30(34)35)29(22-15-23(31)17-24(32)16-22)28(18-33)26-12-11-21(14-19(26)2)27-10-6-5-8-20(27)9-7-13-36-3/h5-6,8,10-12,14-17,25,28-29H,4,7,9,13H2,1-3H3,(H,34,35). The van der Waals surface area contributed by atoms with Crippen LogP contribution in [-0.2, 0) is 16.0 Å². The van der Waals surface area contributed by atoms with Gasteiger partial charge in [0, 0.05) is 25.7 Å². The smallest absolute Gasteiger partial charge is 0.307 e. The maximum atomic E-state index is 14.1. The van der Waals surface area contributed by atoms with Gasteiger partial charge >= 0.3 is 5.97 Å². The van der Waals surface area contributed by atoms with Gasteiger partial charge < -0.3 is 9.84 Å². The third-order valence-corrected chi connectivity index (χ3v) is 6.69. The molecule has 0 aromatic heterocycles. The van der Waals surface area contributed by atoms with E-state index in [1.807, 2.05) is 43.3 Å². The molecule has 0 aliphatic rings. The van der Waals surface area contributed by atoms with Gasteiger partial charge in [-0.25, -0.2) is 8.78 Å². The highest BCUT2D eigenvalue weighted by Gasteiger charge is 2.36. The van der Waals surface area contributed by atoms with Crippen molar-refractivity contribution in [1.82, 2.24) is 0 Å². The van der Waals surface area contributed by atoms with Gasteiger partial charge in [-0.05, 0) is 71.7 Å². The summed E-state index contributed by atoms with van der Waals surface area (Å²) in [6.07, 6.45) is 1.96. The van der Waals surface area contributed by atoms with Crippen molar-refractivity contribution < 1.29 is 23.4 Å². The Hall–Kier alpha value is -3.56. The van der Waals surface area contributed by atoms with Crippen molar-refractivity contribution in [3.63, 3.8) is 0 Å². The number of carboxylic acids is 1. The van der Waals surface area contributed by atoms with Gasteiger partial charge in [0.1, 0.15) is 11.6 Å². The highest BCUT2D eigenvalue weighted by molar-refractivity contribution is 5.72. The normalized spacial score (nSPS) is 13.6. The first kappa shape index (κ1) is 27.0. The number of nitriles is 1. The SMILES string of the molecule is CCC(C(=O)O)C(c1cc(F)cc(F)c1)C(C#N)c1ccc(-c2ccccc2CCCOC)cc1C. The van der Waals surface area contributed by atoms with Crippen molar-refractivity contribution in [2.24, 2.45) is 5.92 Å². The molecule has 36 heavy (non-hydrogen) atoms. The Morgan fingerprint density at radius 3 is 2.36 bits per heavy atom. The van der Waals surface area contributed by atoms with Crippen LogP contribution in [0.4, 0.5) is 8.78 Å². The molecule has 0 bridgehead atoms. The van der Waals surface area contributed by atoms with E-state index in [9.17, 15) is 23.9 Å². The third-order valence-electron chi connectivity index (χ3n) is 6.69. The molecule has 0 amide bonds. The number of methoxy groups -OCH3 is 1. The third kappa shape index (κ3) is 6.16. The second-order valence-electron chi connectivity index (χ2n) is 9.01. The Kier molecular flexibility index (Phi) is 9.32. The van der Waals surface area contributed by atoms with Gasteiger partial charge in [-0.2, -0.15) is 5.26 Å². The highest BCUT2D eigenvalue weighted by atomic mass is 19.1. The number of ether oxygens (including phenoxy) is 1. The number of halogens is 2. The van der Waals surface area contributed by atoms with Crippen molar-refractivity contribution in [3.8, 4) is 17.2 Å². The van der Waals surface area contributed by atoms with Crippen molar-refractivity contribution in [2.45, 2.75) is 44.9 Å². The Morgan fingerprint density at radius 2 is 1.78 bits per heavy atom. The van der Waals surface area contributed by atoms with Gasteiger partial charge in [0.25, 0.3) is 0 Å². The van der Waals surface area contributed by atoms with Gasteiger partial charge in [-0.1, -0.05) is 49.4 Å². The van der Waals surface area contributed by atoms with E-state index >= 15 is 0 Å². The van der Waals surface area contributed by atoms with E-state index in [0.717, 1.165) is 47.7 Å². The fourth-order valence-corrected chi connectivity index (χ4v) is 4.97. The van der Waals surface area contributed by atoms with Crippen LogP contribution in [0.15, 0.2) is 60.7 Å². The minimum Gasteiger partial charge on any atom is -0.481 e. The molecule has 3 aromatic carbocycles. The Labute approximate surface area is 211 Å². The summed E-state index contributed by atoms with van der Waals surface area (Å²) in [5, 5.41) is 20.1. The largest absolute Gasteiger partial charge is 0.481 e. The fraction of sp³-hybridized carbons (Fsp3) is 0.333. The Balaban J connectivity index is 2.07. The second kappa shape index (κ2) is 12.4. The molecule has 3 atom stereocenters. The van der Waals surface area contributed by atoms with Crippen molar-refractivity contribution in [2.75, 3.05) is 13.7 Å². The van der Waals surface area contributed by atoms with Crippen LogP contribution in [0.5, 0.6) is 0 Å². The first-order chi connectivity index (χ1) is 17.3. The summed E-state index contributed by atoms with van der Waals surface area (Å²) in [5.41, 5.74) is 4.88. The van der Waals surface area contributed by atoms with E-state index in [0.29, 0.717) is 12.2 Å². The van der Waals surface area contributed by atoms with Crippen LogP contribution in [0.1, 0.15) is 53.9 Å². The number of hydrogen-bond acceptors (Lipinski definition) is 3. The monoisotopic (exact) mass is 491 g/mol. The van der Waals surface area contributed by atoms with E-state index in [1.54, 1.807) is 14.0 Å². The maximum absolute atomic E-state index is 14.1.